The van der Waals surface area contributed by atoms with Crippen molar-refractivity contribution in [1.82, 2.24) is 0 Å². The monoisotopic (exact) mass is 201 g/mol. The molecule has 0 radical (unpaired) electrons. The molecule has 0 aliphatic carbocycles. The van der Waals surface area contributed by atoms with E-state index >= 15 is 0 Å². The number of nitrogens with two attached hydrogens (primary N) is 1. The molecule has 0 spiro atoms. The Labute approximate surface area is 89.2 Å². The van der Waals surface area contributed by atoms with Gasteiger partial charge in [0.15, 0.2) is 0 Å². The van der Waals surface area contributed by atoms with Crippen LogP contribution < -0.4 is 5.73 Å². The molecule has 0 rings (SSSR count). The van der Waals surface area contributed by atoms with Gasteiger partial charge >= 0.3 is 0 Å². The summed E-state index contributed by atoms with van der Waals surface area (Å²) in [7, 11) is 0. The van der Waals surface area contributed by atoms with Crippen molar-refractivity contribution in [2.24, 2.45) is 17.6 Å². The Kier molecular flexibility index (Phi) is 7.20. The van der Waals surface area contributed by atoms with E-state index < -0.39 is 0 Å². The first kappa shape index (κ1) is 13.9. The second-order valence-corrected chi connectivity index (χ2v) is 4.82. The highest BCUT2D eigenvalue weighted by Gasteiger charge is 2.13. The summed E-state index contributed by atoms with van der Waals surface area (Å²) in [6.07, 6.45) is 2.58. The van der Waals surface area contributed by atoms with E-state index in [-0.39, 0.29) is 6.04 Å². The van der Waals surface area contributed by atoms with Gasteiger partial charge in [-0.1, -0.05) is 34.1 Å². The Hall–Kier alpha value is -0.0800. The maximum atomic E-state index is 5.98. The van der Waals surface area contributed by atoms with E-state index in [0.717, 1.165) is 12.8 Å². The van der Waals surface area contributed by atoms with Crippen LogP contribution in [0.15, 0.2) is 0 Å². The summed E-state index contributed by atoms with van der Waals surface area (Å²) in [5.74, 6) is 1.26. The maximum absolute atomic E-state index is 5.98. The van der Waals surface area contributed by atoms with Crippen molar-refractivity contribution in [3.63, 3.8) is 0 Å². The second kappa shape index (κ2) is 7.24. The summed E-state index contributed by atoms with van der Waals surface area (Å²) in [6, 6.07) is 0.189. The molecule has 0 saturated heterocycles. The molecule has 0 aromatic rings. The van der Waals surface area contributed by atoms with Gasteiger partial charge in [0.25, 0.3) is 0 Å². The smallest absolute Gasteiger partial charge is 0.0623 e. The normalized spacial score (nSPS) is 18.2. The van der Waals surface area contributed by atoms with Crippen LogP contribution in [0.2, 0.25) is 0 Å². The molecule has 2 nitrogen and oxygen atoms in total. The Bertz CT molecular complexity index is 136. The molecule has 0 bridgehead atoms. The first-order chi connectivity index (χ1) is 6.47. The summed E-state index contributed by atoms with van der Waals surface area (Å²) in [5, 5.41) is 0. The number of hydrogen-bond donors (Lipinski definition) is 1. The second-order valence-electron chi connectivity index (χ2n) is 4.82. The SMILES string of the molecule is CCC(C)C(N)COC(C)CC(C)C. The molecule has 2 N–H and O–H groups in total. The molecule has 86 valence electrons. The number of rotatable bonds is 7. The predicted molar refractivity (Wildman–Crippen MR) is 62.3 cm³/mol. The molecule has 0 aromatic carbocycles. The van der Waals surface area contributed by atoms with Crippen molar-refractivity contribution in [3.8, 4) is 0 Å². The van der Waals surface area contributed by atoms with E-state index in [9.17, 15) is 0 Å². The fourth-order valence-corrected chi connectivity index (χ4v) is 1.47. The van der Waals surface area contributed by atoms with Crippen LogP contribution in [-0.4, -0.2) is 18.8 Å². The minimum Gasteiger partial charge on any atom is -0.377 e. The Morgan fingerprint density at radius 2 is 1.71 bits per heavy atom. The molecule has 0 saturated carbocycles. The van der Waals surface area contributed by atoms with Crippen LogP contribution in [0.3, 0.4) is 0 Å². The lowest BCUT2D eigenvalue weighted by atomic mass is 10.0. The van der Waals surface area contributed by atoms with Gasteiger partial charge in [0.2, 0.25) is 0 Å². The highest BCUT2D eigenvalue weighted by atomic mass is 16.5. The molecule has 3 atom stereocenters. The number of hydrogen-bond acceptors (Lipinski definition) is 2. The minimum atomic E-state index is 0.189. The van der Waals surface area contributed by atoms with Gasteiger partial charge in [-0.25, -0.2) is 0 Å². The van der Waals surface area contributed by atoms with Gasteiger partial charge in [0, 0.05) is 6.04 Å². The molecule has 0 amide bonds. The highest BCUT2D eigenvalue weighted by Crippen LogP contribution is 2.10. The van der Waals surface area contributed by atoms with E-state index in [2.05, 4.69) is 34.6 Å². The van der Waals surface area contributed by atoms with Crippen LogP contribution in [0, 0.1) is 11.8 Å². The largest absolute Gasteiger partial charge is 0.377 e. The summed E-state index contributed by atoms with van der Waals surface area (Å²) in [5.41, 5.74) is 5.98. The van der Waals surface area contributed by atoms with Crippen LogP contribution >= 0.6 is 0 Å². The molecule has 0 aliphatic rings. The van der Waals surface area contributed by atoms with E-state index in [4.69, 9.17) is 10.5 Å². The average molecular weight is 201 g/mol. The maximum Gasteiger partial charge on any atom is 0.0623 e. The Balaban J connectivity index is 3.60. The lowest BCUT2D eigenvalue weighted by molar-refractivity contribution is 0.0351. The third-order valence-corrected chi connectivity index (χ3v) is 2.75. The zero-order chi connectivity index (χ0) is 11.1. The van der Waals surface area contributed by atoms with Gasteiger partial charge < -0.3 is 10.5 Å². The van der Waals surface area contributed by atoms with Crippen molar-refractivity contribution >= 4 is 0 Å². The average Bonchev–Trinajstić information content (AvgIpc) is 2.11. The topological polar surface area (TPSA) is 35.2 Å². The zero-order valence-electron chi connectivity index (χ0n) is 10.4. The lowest BCUT2D eigenvalue weighted by Gasteiger charge is -2.21. The van der Waals surface area contributed by atoms with Crippen molar-refractivity contribution in [2.75, 3.05) is 6.61 Å². The predicted octanol–water partition coefficient (Wildman–Crippen LogP) is 2.81. The van der Waals surface area contributed by atoms with E-state index in [1.807, 2.05) is 0 Å². The summed E-state index contributed by atoms with van der Waals surface area (Å²) >= 11 is 0. The van der Waals surface area contributed by atoms with Gasteiger partial charge in [-0.2, -0.15) is 0 Å². The third kappa shape index (κ3) is 6.39. The van der Waals surface area contributed by atoms with Crippen LogP contribution in [0.25, 0.3) is 0 Å². The van der Waals surface area contributed by atoms with Gasteiger partial charge in [0.1, 0.15) is 0 Å². The standard InChI is InChI=1S/C12H27NO/c1-6-10(4)12(13)8-14-11(5)7-9(2)3/h9-12H,6-8,13H2,1-5H3. The van der Waals surface area contributed by atoms with Gasteiger partial charge in [-0.3, -0.25) is 0 Å². The van der Waals surface area contributed by atoms with Crippen LogP contribution in [-0.2, 0) is 4.74 Å². The summed E-state index contributed by atoms with van der Waals surface area (Å²) in [4.78, 5) is 0. The fraction of sp³-hybridized carbons (Fsp3) is 1.00. The third-order valence-electron chi connectivity index (χ3n) is 2.75. The summed E-state index contributed by atoms with van der Waals surface area (Å²) < 4.78 is 5.71. The first-order valence-electron chi connectivity index (χ1n) is 5.84. The van der Waals surface area contributed by atoms with Gasteiger partial charge in [-0.15, -0.1) is 0 Å². The Morgan fingerprint density at radius 3 is 2.14 bits per heavy atom. The zero-order valence-corrected chi connectivity index (χ0v) is 10.4. The van der Waals surface area contributed by atoms with Crippen molar-refractivity contribution in [1.29, 1.82) is 0 Å². The molecule has 2 heteroatoms. The molecule has 0 aliphatic heterocycles. The van der Waals surface area contributed by atoms with Crippen LogP contribution in [0.4, 0.5) is 0 Å². The van der Waals surface area contributed by atoms with E-state index in [1.54, 1.807) is 0 Å². The molecule has 3 unspecified atom stereocenters. The quantitative estimate of drug-likeness (QED) is 0.687. The van der Waals surface area contributed by atoms with Crippen LogP contribution in [0.1, 0.15) is 47.5 Å². The lowest BCUT2D eigenvalue weighted by Crippen LogP contribution is -2.34. The van der Waals surface area contributed by atoms with Crippen molar-refractivity contribution in [3.05, 3.63) is 0 Å². The van der Waals surface area contributed by atoms with Gasteiger partial charge in [-0.05, 0) is 25.2 Å². The molecule has 0 aromatic heterocycles. The van der Waals surface area contributed by atoms with E-state index in [0.29, 0.717) is 24.5 Å². The van der Waals surface area contributed by atoms with Crippen molar-refractivity contribution in [2.45, 2.75) is 59.6 Å². The molecule has 0 heterocycles. The molecular weight excluding hydrogens is 174 g/mol. The first-order valence-corrected chi connectivity index (χ1v) is 5.84. The Morgan fingerprint density at radius 1 is 1.14 bits per heavy atom. The highest BCUT2D eigenvalue weighted by molar-refractivity contribution is 4.67. The number of ether oxygens (including phenoxy) is 1. The van der Waals surface area contributed by atoms with Crippen molar-refractivity contribution < 1.29 is 4.74 Å². The summed E-state index contributed by atoms with van der Waals surface area (Å²) in [6.45, 7) is 11.6. The fourth-order valence-electron chi connectivity index (χ4n) is 1.47. The van der Waals surface area contributed by atoms with E-state index in [1.165, 1.54) is 0 Å². The van der Waals surface area contributed by atoms with Gasteiger partial charge in [0.05, 0.1) is 12.7 Å². The molecular formula is C12H27NO. The molecule has 0 fully saturated rings. The minimum absolute atomic E-state index is 0.189. The molecule has 14 heavy (non-hydrogen) atoms. The van der Waals surface area contributed by atoms with Crippen LogP contribution in [0.5, 0.6) is 0 Å².